The molecule has 0 aliphatic heterocycles. The summed E-state index contributed by atoms with van der Waals surface area (Å²) in [5, 5.41) is 7.65. The standard InChI is InChI=1S/C52H34N2S/c1-3-15-35(16-4-1)41-21-9-11-26-47(41)53(49-28-14-24-44-43-22-10-12-27-48(43)54(51(44)49)39-19-5-2-6-20-39)40-31-29-36(30-32-40)42-23-13-25-45-46-33-37-17-7-8-18-38(37)34-50(46)55-52(42)45/h1-34H. The minimum absolute atomic E-state index is 1.10. The second-order valence-corrected chi connectivity index (χ2v) is 15.2. The fourth-order valence-electron chi connectivity index (χ4n) is 8.47. The molecule has 2 nitrogen and oxygen atoms in total. The predicted octanol–water partition coefficient (Wildman–Crippen LogP) is 15.1. The zero-order valence-electron chi connectivity index (χ0n) is 29.9. The highest BCUT2D eigenvalue weighted by Gasteiger charge is 2.23. The summed E-state index contributed by atoms with van der Waals surface area (Å²) in [5.74, 6) is 0. The lowest BCUT2D eigenvalue weighted by atomic mass is 9.99. The molecule has 0 N–H and O–H groups in total. The molecule has 0 saturated heterocycles. The van der Waals surface area contributed by atoms with Crippen LogP contribution in [0.4, 0.5) is 17.1 Å². The number of aromatic nitrogens is 1. The largest absolute Gasteiger partial charge is 0.308 e. The minimum atomic E-state index is 1.10. The first-order valence-corrected chi connectivity index (χ1v) is 19.6. The Kier molecular flexibility index (Phi) is 7.39. The maximum Gasteiger partial charge on any atom is 0.0782 e. The molecule has 2 aromatic heterocycles. The van der Waals surface area contributed by atoms with Gasteiger partial charge in [-0.15, -0.1) is 11.3 Å². The van der Waals surface area contributed by atoms with E-state index < -0.39 is 0 Å². The van der Waals surface area contributed by atoms with Gasteiger partial charge in [0.2, 0.25) is 0 Å². The number of rotatable bonds is 6. The number of fused-ring (bicyclic) bond motifs is 7. The first-order valence-electron chi connectivity index (χ1n) is 18.8. The predicted molar refractivity (Wildman–Crippen MR) is 237 cm³/mol. The summed E-state index contributed by atoms with van der Waals surface area (Å²) in [6, 6.07) is 75.1. The van der Waals surface area contributed by atoms with Gasteiger partial charge in [-0.25, -0.2) is 0 Å². The summed E-state index contributed by atoms with van der Waals surface area (Å²) >= 11 is 1.89. The molecule has 258 valence electrons. The molecule has 0 spiro atoms. The fraction of sp³-hybridized carbons (Fsp3) is 0. The van der Waals surface area contributed by atoms with Gasteiger partial charge in [0.25, 0.3) is 0 Å². The number of thiophene rings is 1. The SMILES string of the molecule is c1ccc(-c2ccccc2N(c2ccc(-c3cccc4c3sc3cc5ccccc5cc34)cc2)c2cccc3c4ccccc4n(-c4ccccc4)c23)cc1. The monoisotopic (exact) mass is 718 g/mol. The van der Waals surface area contributed by atoms with Crippen molar-refractivity contribution >= 4 is 81.1 Å². The van der Waals surface area contributed by atoms with E-state index in [9.17, 15) is 0 Å². The molecular formula is C52H34N2S. The van der Waals surface area contributed by atoms with Crippen LogP contribution in [0.1, 0.15) is 0 Å². The average molecular weight is 719 g/mol. The fourth-order valence-corrected chi connectivity index (χ4v) is 9.73. The lowest BCUT2D eigenvalue weighted by molar-refractivity contribution is 1.17. The third kappa shape index (κ3) is 5.16. The van der Waals surface area contributed by atoms with Crippen LogP contribution >= 0.6 is 11.3 Å². The molecule has 0 saturated carbocycles. The Morgan fingerprint density at radius 1 is 0.400 bits per heavy atom. The first-order chi connectivity index (χ1) is 27.3. The number of benzene rings is 9. The molecule has 0 aliphatic rings. The Morgan fingerprint density at radius 2 is 1.00 bits per heavy atom. The van der Waals surface area contributed by atoms with Crippen molar-refractivity contribution in [2.45, 2.75) is 0 Å². The van der Waals surface area contributed by atoms with Gasteiger partial charge >= 0.3 is 0 Å². The molecule has 11 aromatic rings. The van der Waals surface area contributed by atoms with Gasteiger partial charge in [0.05, 0.1) is 22.4 Å². The number of para-hydroxylation sites is 4. The van der Waals surface area contributed by atoms with Crippen molar-refractivity contribution in [3.63, 3.8) is 0 Å². The van der Waals surface area contributed by atoms with E-state index in [4.69, 9.17) is 0 Å². The third-order valence-corrected chi connectivity index (χ3v) is 12.2. The molecule has 0 radical (unpaired) electrons. The molecule has 3 heteroatoms. The van der Waals surface area contributed by atoms with Crippen LogP contribution in [0.15, 0.2) is 206 Å². The van der Waals surface area contributed by atoms with E-state index in [0.717, 1.165) is 22.7 Å². The zero-order chi connectivity index (χ0) is 36.3. The van der Waals surface area contributed by atoms with E-state index in [2.05, 4.69) is 216 Å². The van der Waals surface area contributed by atoms with Gasteiger partial charge in [0, 0.05) is 47.9 Å². The van der Waals surface area contributed by atoms with Crippen LogP contribution in [0, 0.1) is 0 Å². The highest BCUT2D eigenvalue weighted by Crippen LogP contribution is 2.47. The van der Waals surface area contributed by atoms with Gasteiger partial charge in [-0.2, -0.15) is 0 Å². The second-order valence-electron chi connectivity index (χ2n) is 14.1. The molecule has 0 fully saturated rings. The Hall–Kier alpha value is -6.94. The molecule has 11 rings (SSSR count). The number of hydrogen-bond acceptors (Lipinski definition) is 2. The van der Waals surface area contributed by atoms with Gasteiger partial charge in [0.15, 0.2) is 0 Å². The van der Waals surface area contributed by atoms with Gasteiger partial charge in [-0.1, -0.05) is 152 Å². The van der Waals surface area contributed by atoms with E-state index in [1.165, 1.54) is 75.0 Å². The van der Waals surface area contributed by atoms with Crippen molar-refractivity contribution in [1.29, 1.82) is 0 Å². The lowest BCUT2D eigenvalue weighted by Crippen LogP contribution is -2.12. The lowest BCUT2D eigenvalue weighted by Gasteiger charge is -2.29. The van der Waals surface area contributed by atoms with Crippen molar-refractivity contribution in [2.24, 2.45) is 0 Å². The highest BCUT2D eigenvalue weighted by atomic mass is 32.1. The second kappa shape index (κ2) is 12.9. The molecule has 0 amide bonds. The van der Waals surface area contributed by atoms with Gasteiger partial charge in [-0.05, 0) is 82.1 Å². The summed E-state index contributed by atoms with van der Waals surface area (Å²) in [5.41, 5.74) is 11.7. The Bertz CT molecular complexity index is 3190. The van der Waals surface area contributed by atoms with E-state index >= 15 is 0 Å². The number of hydrogen-bond donors (Lipinski definition) is 0. The van der Waals surface area contributed by atoms with Crippen molar-refractivity contribution in [3.05, 3.63) is 206 Å². The molecule has 0 aliphatic carbocycles. The van der Waals surface area contributed by atoms with Gasteiger partial charge in [0.1, 0.15) is 0 Å². The van der Waals surface area contributed by atoms with E-state index in [-0.39, 0.29) is 0 Å². The maximum atomic E-state index is 2.46. The van der Waals surface area contributed by atoms with Gasteiger partial charge < -0.3 is 9.47 Å². The molecule has 9 aromatic carbocycles. The third-order valence-electron chi connectivity index (χ3n) is 11.0. The van der Waals surface area contributed by atoms with E-state index in [0.29, 0.717) is 0 Å². The summed E-state index contributed by atoms with van der Waals surface area (Å²) in [4.78, 5) is 2.46. The van der Waals surface area contributed by atoms with Crippen LogP contribution in [-0.4, -0.2) is 4.57 Å². The van der Waals surface area contributed by atoms with E-state index in [1.54, 1.807) is 0 Å². The first kappa shape index (κ1) is 31.6. The highest BCUT2D eigenvalue weighted by molar-refractivity contribution is 7.26. The molecule has 0 atom stereocenters. The summed E-state index contributed by atoms with van der Waals surface area (Å²) in [6.45, 7) is 0. The van der Waals surface area contributed by atoms with Gasteiger partial charge in [-0.3, -0.25) is 0 Å². The Morgan fingerprint density at radius 3 is 1.84 bits per heavy atom. The molecule has 0 bridgehead atoms. The summed E-state index contributed by atoms with van der Waals surface area (Å²) < 4.78 is 5.07. The normalized spacial score (nSPS) is 11.6. The summed E-state index contributed by atoms with van der Waals surface area (Å²) in [6.07, 6.45) is 0. The molecule has 2 heterocycles. The van der Waals surface area contributed by atoms with Crippen LogP contribution in [0.25, 0.3) is 80.7 Å². The summed E-state index contributed by atoms with van der Waals surface area (Å²) in [7, 11) is 0. The quantitative estimate of drug-likeness (QED) is 0.166. The number of nitrogens with zero attached hydrogens (tertiary/aromatic N) is 2. The van der Waals surface area contributed by atoms with Crippen molar-refractivity contribution in [3.8, 4) is 27.9 Å². The van der Waals surface area contributed by atoms with Crippen molar-refractivity contribution in [1.82, 2.24) is 4.57 Å². The van der Waals surface area contributed by atoms with Crippen molar-refractivity contribution in [2.75, 3.05) is 4.90 Å². The molecule has 55 heavy (non-hydrogen) atoms. The minimum Gasteiger partial charge on any atom is -0.308 e. The number of anilines is 3. The topological polar surface area (TPSA) is 8.17 Å². The van der Waals surface area contributed by atoms with Crippen molar-refractivity contribution < 1.29 is 0 Å². The molecular weight excluding hydrogens is 685 g/mol. The van der Waals surface area contributed by atoms with Crippen LogP contribution in [0.2, 0.25) is 0 Å². The smallest absolute Gasteiger partial charge is 0.0782 e. The van der Waals surface area contributed by atoms with E-state index in [1.807, 2.05) is 11.3 Å². The Labute approximate surface area is 323 Å². The van der Waals surface area contributed by atoms with Crippen LogP contribution < -0.4 is 4.90 Å². The average Bonchev–Trinajstić information content (AvgIpc) is 3.80. The molecule has 0 unspecified atom stereocenters. The Balaban J connectivity index is 1.14. The van der Waals surface area contributed by atoms with Crippen LogP contribution in [0.5, 0.6) is 0 Å². The van der Waals surface area contributed by atoms with Crippen LogP contribution in [0.3, 0.4) is 0 Å². The maximum absolute atomic E-state index is 2.46. The zero-order valence-corrected chi connectivity index (χ0v) is 30.7. The van der Waals surface area contributed by atoms with Crippen LogP contribution in [-0.2, 0) is 0 Å².